The standard InChI is InChI=1S/C13H17N3O3S/c1-11(17)14-12-5-7-13(8-6-12)20(18,19)15-16-9-3-2-4-10-16/h2-3,5-8,15H,4,9-10H2,1H3,(H,14,17). The first kappa shape index (κ1) is 14.7. The molecule has 0 fully saturated rings. The van der Waals surface area contributed by atoms with E-state index < -0.39 is 10.0 Å². The van der Waals surface area contributed by atoms with Gasteiger partial charge in [-0.25, -0.2) is 13.4 Å². The summed E-state index contributed by atoms with van der Waals surface area (Å²) in [6, 6.07) is 6.05. The Morgan fingerprint density at radius 3 is 2.45 bits per heavy atom. The van der Waals surface area contributed by atoms with Crippen LogP contribution < -0.4 is 10.1 Å². The predicted octanol–water partition coefficient (Wildman–Crippen LogP) is 1.10. The molecule has 0 aliphatic carbocycles. The van der Waals surface area contributed by atoms with Gasteiger partial charge in [0, 0.05) is 25.7 Å². The van der Waals surface area contributed by atoms with Gasteiger partial charge in [0.15, 0.2) is 0 Å². The second-order valence-corrected chi connectivity index (χ2v) is 6.17. The van der Waals surface area contributed by atoms with Crippen molar-refractivity contribution in [2.24, 2.45) is 0 Å². The fourth-order valence-corrected chi connectivity index (χ4v) is 2.97. The number of carbonyl (C=O) groups excluding carboxylic acids is 1. The summed E-state index contributed by atoms with van der Waals surface area (Å²) in [6.07, 6.45) is 4.77. The number of carbonyl (C=O) groups is 1. The lowest BCUT2D eigenvalue weighted by atomic mass is 10.3. The first-order valence-electron chi connectivity index (χ1n) is 6.27. The molecule has 1 aromatic carbocycles. The Morgan fingerprint density at radius 2 is 1.90 bits per heavy atom. The molecule has 1 aromatic rings. The van der Waals surface area contributed by atoms with Crippen molar-refractivity contribution in [2.45, 2.75) is 18.2 Å². The van der Waals surface area contributed by atoms with E-state index in [0.717, 1.165) is 6.42 Å². The molecule has 6 nitrogen and oxygen atoms in total. The zero-order valence-electron chi connectivity index (χ0n) is 11.2. The summed E-state index contributed by atoms with van der Waals surface area (Å²) >= 11 is 0. The number of nitrogens with one attached hydrogen (secondary N) is 2. The molecule has 0 aromatic heterocycles. The van der Waals surface area contributed by atoms with Crippen molar-refractivity contribution in [2.75, 3.05) is 18.4 Å². The van der Waals surface area contributed by atoms with E-state index in [1.165, 1.54) is 19.1 Å². The number of benzene rings is 1. The molecule has 20 heavy (non-hydrogen) atoms. The molecular formula is C13H17N3O3S. The Labute approximate surface area is 118 Å². The van der Waals surface area contributed by atoms with Gasteiger partial charge in [-0.05, 0) is 30.7 Å². The van der Waals surface area contributed by atoms with Gasteiger partial charge >= 0.3 is 0 Å². The monoisotopic (exact) mass is 295 g/mol. The van der Waals surface area contributed by atoms with Gasteiger partial charge in [-0.15, -0.1) is 4.83 Å². The Morgan fingerprint density at radius 1 is 1.20 bits per heavy atom. The highest BCUT2D eigenvalue weighted by Crippen LogP contribution is 2.14. The number of hydrazine groups is 1. The van der Waals surface area contributed by atoms with Crippen LogP contribution in [0.3, 0.4) is 0 Å². The molecule has 7 heteroatoms. The Balaban J connectivity index is 2.08. The van der Waals surface area contributed by atoms with Crippen LogP contribution in [-0.2, 0) is 14.8 Å². The van der Waals surface area contributed by atoms with Crippen LogP contribution in [0.5, 0.6) is 0 Å². The first-order chi connectivity index (χ1) is 9.47. The number of anilines is 1. The molecule has 0 radical (unpaired) electrons. The van der Waals surface area contributed by atoms with E-state index in [9.17, 15) is 13.2 Å². The maximum atomic E-state index is 12.2. The lowest BCUT2D eigenvalue weighted by Gasteiger charge is -2.23. The van der Waals surface area contributed by atoms with Gasteiger partial charge in [0.2, 0.25) is 5.91 Å². The fourth-order valence-electron chi connectivity index (χ4n) is 1.87. The van der Waals surface area contributed by atoms with Gasteiger partial charge in [0.25, 0.3) is 10.0 Å². The zero-order valence-corrected chi connectivity index (χ0v) is 12.0. The summed E-state index contributed by atoms with van der Waals surface area (Å²) in [5, 5.41) is 4.24. The Kier molecular flexibility index (Phi) is 4.53. The van der Waals surface area contributed by atoms with Crippen molar-refractivity contribution in [1.29, 1.82) is 0 Å². The molecule has 2 N–H and O–H groups in total. The fraction of sp³-hybridized carbons (Fsp3) is 0.308. The first-order valence-corrected chi connectivity index (χ1v) is 7.76. The van der Waals surface area contributed by atoms with Crippen LogP contribution in [0.2, 0.25) is 0 Å². The largest absolute Gasteiger partial charge is 0.326 e. The van der Waals surface area contributed by atoms with Crippen LogP contribution >= 0.6 is 0 Å². The quantitative estimate of drug-likeness (QED) is 0.815. The van der Waals surface area contributed by atoms with Crippen LogP contribution in [-0.4, -0.2) is 32.4 Å². The smallest absolute Gasteiger partial charge is 0.253 e. The molecule has 1 amide bonds. The maximum absolute atomic E-state index is 12.2. The summed E-state index contributed by atoms with van der Waals surface area (Å²) in [5.41, 5.74) is 0.567. The van der Waals surface area contributed by atoms with E-state index in [2.05, 4.69) is 10.1 Å². The summed E-state index contributed by atoms with van der Waals surface area (Å²) in [4.78, 5) is 13.6. The Bertz CT molecular complexity index is 608. The minimum Gasteiger partial charge on any atom is -0.326 e. The summed E-state index contributed by atoms with van der Waals surface area (Å²) in [6.45, 7) is 2.61. The van der Waals surface area contributed by atoms with E-state index in [0.29, 0.717) is 18.8 Å². The molecule has 0 bridgehead atoms. The highest BCUT2D eigenvalue weighted by Gasteiger charge is 2.18. The minimum atomic E-state index is -3.58. The van der Waals surface area contributed by atoms with E-state index in [1.807, 2.05) is 12.2 Å². The van der Waals surface area contributed by atoms with Gasteiger partial charge < -0.3 is 5.32 Å². The van der Waals surface area contributed by atoms with Crippen molar-refractivity contribution >= 4 is 21.6 Å². The molecule has 0 spiro atoms. The van der Waals surface area contributed by atoms with E-state index >= 15 is 0 Å². The van der Waals surface area contributed by atoms with Crippen molar-refractivity contribution < 1.29 is 13.2 Å². The molecule has 1 heterocycles. The van der Waals surface area contributed by atoms with Crippen molar-refractivity contribution in [3.8, 4) is 0 Å². The molecule has 1 aliphatic heterocycles. The zero-order chi connectivity index (χ0) is 14.6. The van der Waals surface area contributed by atoms with Gasteiger partial charge in [-0.3, -0.25) is 4.79 Å². The van der Waals surface area contributed by atoms with Crippen LogP contribution in [0.25, 0.3) is 0 Å². The summed E-state index contributed by atoms with van der Waals surface area (Å²) in [7, 11) is -3.58. The molecule has 1 aliphatic rings. The van der Waals surface area contributed by atoms with Gasteiger partial charge in [0.05, 0.1) is 4.90 Å². The third-order valence-corrected chi connectivity index (χ3v) is 4.18. The van der Waals surface area contributed by atoms with E-state index in [4.69, 9.17) is 0 Å². The highest BCUT2D eigenvalue weighted by molar-refractivity contribution is 7.89. The number of nitrogens with zero attached hydrogens (tertiary/aromatic N) is 1. The lowest BCUT2D eigenvalue weighted by molar-refractivity contribution is -0.114. The average Bonchev–Trinajstić information content (AvgIpc) is 2.39. The predicted molar refractivity (Wildman–Crippen MR) is 76.4 cm³/mol. The summed E-state index contributed by atoms with van der Waals surface area (Å²) < 4.78 is 24.3. The topological polar surface area (TPSA) is 78.5 Å². The van der Waals surface area contributed by atoms with Crippen LogP contribution in [0.15, 0.2) is 41.3 Å². The van der Waals surface area contributed by atoms with E-state index in [-0.39, 0.29) is 10.8 Å². The normalized spacial score (nSPS) is 16.1. The molecule has 0 saturated carbocycles. The third kappa shape index (κ3) is 3.89. The number of hydrogen-bond acceptors (Lipinski definition) is 4. The van der Waals surface area contributed by atoms with Crippen LogP contribution in [0.1, 0.15) is 13.3 Å². The van der Waals surface area contributed by atoms with Crippen LogP contribution in [0.4, 0.5) is 5.69 Å². The van der Waals surface area contributed by atoms with Gasteiger partial charge in [-0.1, -0.05) is 12.2 Å². The van der Waals surface area contributed by atoms with Crippen molar-refractivity contribution in [1.82, 2.24) is 9.84 Å². The number of hydrogen-bond donors (Lipinski definition) is 2. The van der Waals surface area contributed by atoms with Gasteiger partial charge in [-0.2, -0.15) is 0 Å². The third-order valence-electron chi connectivity index (χ3n) is 2.79. The minimum absolute atomic E-state index is 0.168. The SMILES string of the molecule is CC(=O)Nc1ccc(S(=O)(=O)NN2CC=CCC2)cc1. The molecule has 0 saturated heterocycles. The molecular weight excluding hydrogens is 278 g/mol. The number of amides is 1. The number of rotatable bonds is 4. The second-order valence-electron chi connectivity index (χ2n) is 4.51. The highest BCUT2D eigenvalue weighted by atomic mass is 32.2. The van der Waals surface area contributed by atoms with Crippen molar-refractivity contribution in [3.05, 3.63) is 36.4 Å². The molecule has 2 rings (SSSR count). The maximum Gasteiger partial charge on any atom is 0.253 e. The average molecular weight is 295 g/mol. The molecule has 0 atom stereocenters. The van der Waals surface area contributed by atoms with E-state index in [1.54, 1.807) is 17.1 Å². The van der Waals surface area contributed by atoms with Crippen molar-refractivity contribution in [3.63, 3.8) is 0 Å². The lowest BCUT2D eigenvalue weighted by Crippen LogP contribution is -2.43. The Hall–Kier alpha value is -1.70. The second kappa shape index (κ2) is 6.17. The summed E-state index contributed by atoms with van der Waals surface area (Å²) in [5.74, 6) is -0.196. The molecule has 108 valence electrons. The number of sulfonamides is 1. The molecule has 0 unspecified atom stereocenters. The van der Waals surface area contributed by atoms with Gasteiger partial charge in [0.1, 0.15) is 0 Å². The van der Waals surface area contributed by atoms with Crippen LogP contribution in [0, 0.1) is 0 Å².